The monoisotopic (exact) mass is 453 g/mol. The highest BCUT2D eigenvalue weighted by atomic mass is 127. The second-order valence-corrected chi connectivity index (χ2v) is 6.28. The molecule has 0 saturated carbocycles. The zero-order valence-corrected chi connectivity index (χ0v) is 17.0. The average Bonchev–Trinajstić information content (AvgIpc) is 2.96. The van der Waals surface area contributed by atoms with E-state index in [4.69, 9.17) is 11.6 Å². The van der Waals surface area contributed by atoms with E-state index in [0.29, 0.717) is 6.54 Å². The highest BCUT2D eigenvalue weighted by Gasteiger charge is 2.10. The van der Waals surface area contributed by atoms with Crippen LogP contribution >= 0.6 is 46.9 Å². The quantitative estimate of drug-likeness (QED) is 0.439. The number of guanidine groups is 1. The van der Waals surface area contributed by atoms with Gasteiger partial charge in [0, 0.05) is 44.1 Å². The minimum atomic E-state index is 0. The van der Waals surface area contributed by atoms with Gasteiger partial charge >= 0.3 is 0 Å². The lowest BCUT2D eigenvalue weighted by Crippen LogP contribution is -2.38. The number of halogens is 2. The molecule has 0 saturated heterocycles. The molecule has 22 heavy (non-hydrogen) atoms. The van der Waals surface area contributed by atoms with Crippen molar-refractivity contribution in [3.63, 3.8) is 0 Å². The zero-order valence-electron chi connectivity index (χ0n) is 13.1. The van der Waals surface area contributed by atoms with E-state index >= 15 is 0 Å². The molecular weight excluding hydrogens is 433 g/mol. The smallest absolute Gasteiger partial charge is 0.194 e. The first-order chi connectivity index (χ1) is 9.99. The van der Waals surface area contributed by atoms with Gasteiger partial charge in [0.25, 0.3) is 0 Å². The molecule has 2 aromatic heterocycles. The lowest BCUT2D eigenvalue weighted by molar-refractivity contribution is 0.461. The first kappa shape index (κ1) is 19.2. The van der Waals surface area contributed by atoms with Crippen LogP contribution < -0.4 is 5.32 Å². The number of aromatic nitrogens is 2. The summed E-state index contributed by atoms with van der Waals surface area (Å²) in [4.78, 5) is 10.8. The van der Waals surface area contributed by atoms with E-state index in [0.717, 1.165) is 33.9 Å². The van der Waals surface area contributed by atoms with Gasteiger partial charge in [-0.1, -0.05) is 11.6 Å². The fourth-order valence-electron chi connectivity index (χ4n) is 2.06. The summed E-state index contributed by atoms with van der Waals surface area (Å²) >= 11 is 7.67. The van der Waals surface area contributed by atoms with Crippen molar-refractivity contribution in [3.05, 3.63) is 39.1 Å². The van der Waals surface area contributed by atoms with Crippen LogP contribution in [0.1, 0.15) is 16.4 Å². The lowest BCUT2D eigenvalue weighted by atomic mass is 10.4. The summed E-state index contributed by atoms with van der Waals surface area (Å²) in [5, 5.41) is 7.19. The van der Waals surface area contributed by atoms with Gasteiger partial charge in [0.15, 0.2) is 5.96 Å². The summed E-state index contributed by atoms with van der Waals surface area (Å²) in [5.41, 5.74) is 2.19. The number of hydrogen-bond donors (Lipinski definition) is 1. The van der Waals surface area contributed by atoms with Gasteiger partial charge in [-0.3, -0.25) is 4.99 Å². The average molecular weight is 454 g/mol. The molecule has 2 aromatic rings. The molecule has 0 amide bonds. The molecule has 2 heterocycles. The summed E-state index contributed by atoms with van der Waals surface area (Å²) in [7, 11) is 5.77. The van der Waals surface area contributed by atoms with Gasteiger partial charge in [-0.25, -0.2) is 4.98 Å². The summed E-state index contributed by atoms with van der Waals surface area (Å²) in [6.07, 6.45) is 1.90. The van der Waals surface area contributed by atoms with Crippen molar-refractivity contribution >= 4 is 52.9 Å². The van der Waals surface area contributed by atoms with Crippen molar-refractivity contribution in [2.24, 2.45) is 12.0 Å². The van der Waals surface area contributed by atoms with Gasteiger partial charge in [-0.05, 0) is 13.0 Å². The van der Waals surface area contributed by atoms with Gasteiger partial charge < -0.3 is 14.8 Å². The van der Waals surface area contributed by atoms with Gasteiger partial charge in [0.05, 0.1) is 18.1 Å². The van der Waals surface area contributed by atoms with E-state index in [2.05, 4.69) is 25.6 Å². The Labute approximate surface area is 157 Å². The third kappa shape index (κ3) is 5.13. The van der Waals surface area contributed by atoms with Crippen LogP contribution in [0.5, 0.6) is 0 Å². The highest BCUT2D eigenvalue weighted by molar-refractivity contribution is 14.0. The Balaban J connectivity index is 0.00000242. The minimum Gasteiger partial charge on any atom is -0.351 e. The van der Waals surface area contributed by atoms with Crippen LogP contribution in [0.3, 0.4) is 0 Å². The first-order valence-corrected chi connectivity index (χ1v) is 7.89. The topological polar surface area (TPSA) is 45.5 Å². The van der Waals surface area contributed by atoms with E-state index < -0.39 is 0 Å². The molecule has 0 bridgehead atoms. The predicted molar refractivity (Wildman–Crippen MR) is 104 cm³/mol. The Hall–Kier alpha value is -0.800. The number of nitrogens with one attached hydrogen (secondary N) is 1. The lowest BCUT2D eigenvalue weighted by Gasteiger charge is -2.22. The SMILES string of the molecule is CN=C(NCc1nc(C)cs1)N(C)Cc1cc(Cl)cn1C.I. The Bertz CT molecular complexity index is 637. The standard InChI is InChI=1S/C14H20ClN5S.HI/c1-10-9-21-13(18-10)6-17-14(16-2)20(4)8-12-5-11(15)7-19(12)3;/h5,7,9H,6,8H2,1-4H3,(H,16,17);1H. The fraction of sp³-hybridized carbons (Fsp3) is 0.429. The third-order valence-corrected chi connectivity index (χ3v) is 4.28. The molecule has 0 fully saturated rings. The number of aliphatic imine (C=N–C) groups is 1. The molecular formula is C14H21ClIN5S. The largest absolute Gasteiger partial charge is 0.351 e. The molecule has 122 valence electrons. The highest BCUT2D eigenvalue weighted by Crippen LogP contribution is 2.14. The molecule has 0 atom stereocenters. The van der Waals surface area contributed by atoms with Crippen LogP contribution in [0.25, 0.3) is 0 Å². The summed E-state index contributed by atoms with van der Waals surface area (Å²) in [6.45, 7) is 3.42. The number of hydrogen-bond acceptors (Lipinski definition) is 3. The maximum absolute atomic E-state index is 6.01. The number of aryl methyl sites for hydroxylation is 2. The minimum absolute atomic E-state index is 0. The Morgan fingerprint density at radius 1 is 1.55 bits per heavy atom. The van der Waals surface area contributed by atoms with Crippen LogP contribution in [0, 0.1) is 6.92 Å². The summed E-state index contributed by atoms with van der Waals surface area (Å²) in [6, 6.07) is 1.97. The molecule has 0 radical (unpaired) electrons. The zero-order chi connectivity index (χ0) is 15.4. The Morgan fingerprint density at radius 2 is 2.27 bits per heavy atom. The normalized spacial score (nSPS) is 11.2. The first-order valence-electron chi connectivity index (χ1n) is 6.63. The van der Waals surface area contributed by atoms with Gasteiger partial charge in [0.1, 0.15) is 5.01 Å². The summed E-state index contributed by atoms with van der Waals surface area (Å²) < 4.78 is 2.02. The van der Waals surface area contributed by atoms with Crippen molar-refractivity contribution in [2.75, 3.05) is 14.1 Å². The molecule has 0 aromatic carbocycles. The van der Waals surface area contributed by atoms with Crippen molar-refractivity contribution < 1.29 is 0 Å². The van der Waals surface area contributed by atoms with Crippen molar-refractivity contribution in [2.45, 2.75) is 20.0 Å². The van der Waals surface area contributed by atoms with Crippen molar-refractivity contribution in [1.29, 1.82) is 0 Å². The van der Waals surface area contributed by atoms with Crippen LogP contribution in [-0.2, 0) is 20.1 Å². The Kier molecular flexibility index (Phi) is 7.64. The van der Waals surface area contributed by atoms with Gasteiger partial charge in [-0.2, -0.15) is 0 Å². The van der Waals surface area contributed by atoms with Crippen LogP contribution in [0.15, 0.2) is 22.6 Å². The van der Waals surface area contributed by atoms with Crippen LogP contribution in [0.4, 0.5) is 0 Å². The third-order valence-electron chi connectivity index (χ3n) is 3.11. The maximum Gasteiger partial charge on any atom is 0.194 e. The maximum atomic E-state index is 6.01. The molecule has 1 N–H and O–H groups in total. The second-order valence-electron chi connectivity index (χ2n) is 4.90. The van der Waals surface area contributed by atoms with Gasteiger partial charge in [0.2, 0.25) is 0 Å². The molecule has 0 unspecified atom stereocenters. The van der Waals surface area contributed by atoms with Crippen molar-refractivity contribution in [3.8, 4) is 0 Å². The second kappa shape index (κ2) is 8.73. The number of nitrogens with zero attached hydrogens (tertiary/aromatic N) is 4. The van der Waals surface area contributed by atoms with Gasteiger partial charge in [-0.15, -0.1) is 35.3 Å². The fourth-order valence-corrected chi connectivity index (χ4v) is 3.05. The number of thiazole rings is 1. The van der Waals surface area contributed by atoms with Crippen LogP contribution in [-0.4, -0.2) is 34.5 Å². The molecule has 0 aliphatic rings. The molecule has 2 rings (SSSR count). The molecule has 8 heteroatoms. The van der Waals surface area contributed by atoms with E-state index in [9.17, 15) is 0 Å². The van der Waals surface area contributed by atoms with E-state index in [1.807, 2.05) is 37.8 Å². The molecule has 0 aliphatic carbocycles. The van der Waals surface area contributed by atoms with E-state index in [1.165, 1.54) is 0 Å². The van der Waals surface area contributed by atoms with Crippen LogP contribution in [0.2, 0.25) is 5.02 Å². The Morgan fingerprint density at radius 3 is 2.77 bits per heavy atom. The molecule has 5 nitrogen and oxygen atoms in total. The predicted octanol–water partition coefficient (Wildman–Crippen LogP) is 3.27. The molecule has 0 spiro atoms. The van der Waals surface area contributed by atoms with E-state index in [1.54, 1.807) is 18.4 Å². The summed E-state index contributed by atoms with van der Waals surface area (Å²) in [5.74, 6) is 0.833. The van der Waals surface area contributed by atoms with Crippen molar-refractivity contribution in [1.82, 2.24) is 19.8 Å². The van der Waals surface area contributed by atoms with E-state index in [-0.39, 0.29) is 24.0 Å². The number of rotatable bonds is 4. The molecule has 0 aliphatic heterocycles.